The number of anilines is 1. The molecule has 2 heterocycles. The Bertz CT molecular complexity index is 892. The van der Waals surface area contributed by atoms with Crippen LogP contribution in [0.4, 0.5) is 10.5 Å². The number of nitrogens with one attached hydrogen (secondary N) is 3. The molecule has 0 aliphatic carbocycles. The van der Waals surface area contributed by atoms with E-state index < -0.39 is 23.6 Å². The van der Waals surface area contributed by atoms with E-state index >= 15 is 0 Å². The van der Waals surface area contributed by atoms with Crippen LogP contribution in [0.3, 0.4) is 0 Å². The fraction of sp³-hybridized carbons (Fsp3) is 0.444. The lowest BCUT2D eigenvalue weighted by molar-refractivity contribution is -0.126. The van der Waals surface area contributed by atoms with Crippen LogP contribution in [-0.2, 0) is 27.3 Å². The first-order valence-electron chi connectivity index (χ1n) is 9.11. The third-order valence-corrected chi connectivity index (χ3v) is 4.14. The molecule has 0 unspecified atom stereocenters. The number of hydrogen-bond donors (Lipinski definition) is 3. The number of nitrogens with zero attached hydrogens (tertiary/aromatic N) is 4. The van der Waals surface area contributed by atoms with E-state index in [1.807, 2.05) is 12.1 Å². The van der Waals surface area contributed by atoms with Crippen molar-refractivity contribution in [2.24, 2.45) is 0 Å². The summed E-state index contributed by atoms with van der Waals surface area (Å²) >= 11 is 0. The van der Waals surface area contributed by atoms with Crippen LogP contribution >= 0.6 is 0 Å². The molecule has 1 aliphatic rings. The second kappa shape index (κ2) is 8.25. The van der Waals surface area contributed by atoms with Crippen molar-refractivity contribution in [3.05, 3.63) is 35.7 Å². The van der Waals surface area contributed by atoms with Gasteiger partial charge in [0.05, 0.1) is 6.54 Å². The number of para-hydroxylation sites is 1. The molecule has 0 saturated heterocycles. The maximum Gasteiger partial charge on any atom is 0.408 e. The minimum Gasteiger partial charge on any atom is -0.444 e. The predicted molar refractivity (Wildman–Crippen MR) is 102 cm³/mol. The molecule has 154 valence electrons. The van der Waals surface area contributed by atoms with E-state index in [0.717, 1.165) is 5.56 Å². The molecule has 11 heteroatoms. The Kier molecular flexibility index (Phi) is 5.76. The standard InChI is InChI=1S/C18H23N7O4/c1-18(2,3)29-17(28)20-10-15(26)25-12-7-5-4-6-11(12)8-13(25)16(27)19-9-14-21-23-24-22-14/h4-7,13H,8-10H2,1-3H3,(H,19,27)(H,20,28)(H,21,22,23,24)/t13-/m0/s1. The first-order valence-corrected chi connectivity index (χ1v) is 9.11. The number of carbonyl (C=O) groups is 3. The third-order valence-electron chi connectivity index (χ3n) is 4.14. The molecule has 2 aromatic rings. The van der Waals surface area contributed by atoms with Crippen molar-refractivity contribution in [3.63, 3.8) is 0 Å². The zero-order valence-electron chi connectivity index (χ0n) is 16.4. The molecule has 3 amide bonds. The van der Waals surface area contributed by atoms with Gasteiger partial charge in [-0.1, -0.05) is 23.4 Å². The van der Waals surface area contributed by atoms with Crippen molar-refractivity contribution < 1.29 is 19.1 Å². The molecule has 0 bridgehead atoms. The highest BCUT2D eigenvalue weighted by Gasteiger charge is 2.38. The van der Waals surface area contributed by atoms with Crippen molar-refractivity contribution in [1.29, 1.82) is 0 Å². The maximum atomic E-state index is 12.9. The Balaban J connectivity index is 1.69. The van der Waals surface area contributed by atoms with Crippen molar-refractivity contribution in [1.82, 2.24) is 31.3 Å². The van der Waals surface area contributed by atoms with Gasteiger partial charge in [0.25, 0.3) is 0 Å². The molecule has 29 heavy (non-hydrogen) atoms. The van der Waals surface area contributed by atoms with E-state index in [9.17, 15) is 14.4 Å². The van der Waals surface area contributed by atoms with Crippen molar-refractivity contribution in [2.75, 3.05) is 11.4 Å². The lowest BCUT2D eigenvalue weighted by atomic mass is 10.1. The monoisotopic (exact) mass is 401 g/mol. The van der Waals surface area contributed by atoms with Crippen molar-refractivity contribution >= 4 is 23.6 Å². The normalized spacial score (nSPS) is 15.6. The van der Waals surface area contributed by atoms with Crippen LogP contribution in [0.2, 0.25) is 0 Å². The Hall–Kier alpha value is -3.50. The van der Waals surface area contributed by atoms with Gasteiger partial charge < -0.3 is 15.4 Å². The number of H-pyrrole nitrogens is 1. The lowest BCUT2D eigenvalue weighted by Gasteiger charge is -2.25. The molecule has 1 atom stereocenters. The average Bonchev–Trinajstić information content (AvgIpc) is 3.30. The highest BCUT2D eigenvalue weighted by atomic mass is 16.6. The summed E-state index contributed by atoms with van der Waals surface area (Å²) in [5.41, 5.74) is 0.839. The molecule has 1 aromatic carbocycles. The summed E-state index contributed by atoms with van der Waals surface area (Å²) in [5.74, 6) is -0.435. The van der Waals surface area contributed by atoms with E-state index in [1.54, 1.807) is 32.9 Å². The molecular formula is C18H23N7O4. The number of hydrogen-bond acceptors (Lipinski definition) is 7. The van der Waals surface area contributed by atoms with Gasteiger partial charge in [-0.3, -0.25) is 14.5 Å². The number of tetrazole rings is 1. The van der Waals surface area contributed by atoms with E-state index in [2.05, 4.69) is 31.3 Å². The summed E-state index contributed by atoms with van der Waals surface area (Å²) in [6, 6.07) is 6.53. The van der Waals surface area contributed by atoms with Gasteiger partial charge in [-0.2, -0.15) is 5.21 Å². The largest absolute Gasteiger partial charge is 0.444 e. The summed E-state index contributed by atoms with van der Waals surface area (Å²) in [6.07, 6.45) is -0.330. The number of benzene rings is 1. The van der Waals surface area contributed by atoms with Crippen LogP contribution in [-0.4, -0.2) is 56.7 Å². The number of fused-ring (bicyclic) bond motifs is 1. The van der Waals surface area contributed by atoms with Gasteiger partial charge in [0, 0.05) is 12.1 Å². The van der Waals surface area contributed by atoms with Gasteiger partial charge in [-0.05, 0) is 32.4 Å². The number of alkyl carbamates (subject to hydrolysis) is 1. The smallest absolute Gasteiger partial charge is 0.408 e. The van der Waals surface area contributed by atoms with Crippen LogP contribution in [0.1, 0.15) is 32.2 Å². The average molecular weight is 401 g/mol. The highest BCUT2D eigenvalue weighted by molar-refractivity contribution is 6.04. The van der Waals surface area contributed by atoms with Gasteiger partial charge in [-0.25, -0.2) is 4.79 Å². The zero-order valence-corrected chi connectivity index (χ0v) is 16.4. The molecule has 0 spiro atoms. The molecule has 0 fully saturated rings. The molecular weight excluding hydrogens is 378 g/mol. The summed E-state index contributed by atoms with van der Waals surface area (Å²) in [4.78, 5) is 38.9. The molecule has 1 aliphatic heterocycles. The lowest BCUT2D eigenvalue weighted by Crippen LogP contribution is -2.51. The number of amides is 3. The van der Waals surface area contributed by atoms with Gasteiger partial charge in [0.15, 0.2) is 5.82 Å². The van der Waals surface area contributed by atoms with E-state index in [0.29, 0.717) is 17.9 Å². The SMILES string of the molecule is CC(C)(C)OC(=O)NCC(=O)N1c2ccccc2C[C@H]1C(=O)NCc1nn[nH]n1. The van der Waals surface area contributed by atoms with Gasteiger partial charge >= 0.3 is 6.09 Å². The quantitative estimate of drug-likeness (QED) is 0.654. The third kappa shape index (κ3) is 5.06. The minimum atomic E-state index is -0.743. The number of ether oxygens (including phenoxy) is 1. The Morgan fingerprint density at radius 2 is 2.00 bits per heavy atom. The second-order valence-corrected chi connectivity index (χ2v) is 7.51. The topological polar surface area (TPSA) is 142 Å². The maximum absolute atomic E-state index is 12.9. The number of rotatable bonds is 5. The Labute approximate surface area is 167 Å². The first kappa shape index (κ1) is 20.2. The number of carbonyl (C=O) groups excluding carboxylic acids is 3. The Morgan fingerprint density at radius 1 is 1.24 bits per heavy atom. The summed E-state index contributed by atoms with van der Waals surface area (Å²) < 4.78 is 5.15. The first-order chi connectivity index (χ1) is 13.7. The Morgan fingerprint density at radius 3 is 2.69 bits per heavy atom. The highest BCUT2D eigenvalue weighted by Crippen LogP contribution is 2.32. The number of aromatic amines is 1. The predicted octanol–water partition coefficient (Wildman–Crippen LogP) is 0.299. The molecule has 11 nitrogen and oxygen atoms in total. The second-order valence-electron chi connectivity index (χ2n) is 7.51. The zero-order chi connectivity index (χ0) is 21.0. The summed E-state index contributed by atoms with van der Waals surface area (Å²) in [6.45, 7) is 4.98. The number of aromatic nitrogens is 4. The fourth-order valence-corrected chi connectivity index (χ4v) is 2.99. The van der Waals surface area contributed by atoms with Crippen LogP contribution in [0.25, 0.3) is 0 Å². The summed E-state index contributed by atoms with van der Waals surface area (Å²) in [5, 5.41) is 18.5. The minimum absolute atomic E-state index is 0.0837. The van der Waals surface area contributed by atoms with Gasteiger partial charge in [0.1, 0.15) is 18.2 Å². The van der Waals surface area contributed by atoms with Crippen LogP contribution in [0.5, 0.6) is 0 Å². The molecule has 0 saturated carbocycles. The van der Waals surface area contributed by atoms with E-state index in [1.165, 1.54) is 4.90 Å². The van der Waals surface area contributed by atoms with Gasteiger partial charge in [0.2, 0.25) is 11.8 Å². The van der Waals surface area contributed by atoms with Crippen molar-refractivity contribution in [2.45, 2.75) is 45.4 Å². The fourth-order valence-electron chi connectivity index (χ4n) is 2.99. The van der Waals surface area contributed by atoms with E-state index in [-0.39, 0.29) is 19.0 Å². The molecule has 3 rings (SSSR count). The molecule has 3 N–H and O–H groups in total. The van der Waals surface area contributed by atoms with Gasteiger partial charge in [-0.15, -0.1) is 10.2 Å². The van der Waals surface area contributed by atoms with Crippen LogP contribution in [0.15, 0.2) is 24.3 Å². The van der Waals surface area contributed by atoms with Crippen LogP contribution < -0.4 is 15.5 Å². The molecule has 1 aromatic heterocycles. The molecule has 0 radical (unpaired) electrons. The van der Waals surface area contributed by atoms with E-state index in [4.69, 9.17) is 4.74 Å². The van der Waals surface area contributed by atoms with Crippen molar-refractivity contribution in [3.8, 4) is 0 Å². The summed E-state index contributed by atoms with van der Waals surface area (Å²) in [7, 11) is 0. The van der Waals surface area contributed by atoms with Crippen LogP contribution in [0, 0.1) is 0 Å².